The number of amides is 2. The van der Waals surface area contributed by atoms with E-state index in [0.29, 0.717) is 5.69 Å². The summed E-state index contributed by atoms with van der Waals surface area (Å²) < 4.78 is 15.4. The van der Waals surface area contributed by atoms with Crippen LogP contribution in [0.25, 0.3) is 0 Å². The minimum absolute atomic E-state index is 0.0711. The van der Waals surface area contributed by atoms with Crippen LogP contribution in [0.3, 0.4) is 0 Å². The SMILES string of the molecule is Cn1c(CNC(=O)[C@H](Cc2ccccc2)NC(=O)c2ccc(F)cc2)cc(=O)n(C)c1=O. The van der Waals surface area contributed by atoms with Crippen molar-refractivity contribution >= 4 is 11.8 Å². The molecule has 3 aromatic rings. The normalized spacial score (nSPS) is 11.6. The summed E-state index contributed by atoms with van der Waals surface area (Å²) in [6, 6.07) is 14.5. The Hall–Kier alpha value is -4.01. The van der Waals surface area contributed by atoms with Gasteiger partial charge in [-0.1, -0.05) is 30.3 Å². The van der Waals surface area contributed by atoms with E-state index in [9.17, 15) is 23.6 Å². The average Bonchev–Trinajstić information content (AvgIpc) is 2.79. The number of carbonyl (C=O) groups is 2. The molecular formula is C23H23FN4O4. The maximum atomic E-state index is 13.2. The van der Waals surface area contributed by atoms with Crippen LogP contribution in [-0.2, 0) is 31.9 Å². The van der Waals surface area contributed by atoms with Gasteiger partial charge in [0.1, 0.15) is 11.9 Å². The molecule has 8 nitrogen and oxygen atoms in total. The van der Waals surface area contributed by atoms with Gasteiger partial charge in [0.25, 0.3) is 11.5 Å². The summed E-state index contributed by atoms with van der Waals surface area (Å²) in [5, 5.41) is 5.35. The lowest BCUT2D eigenvalue weighted by atomic mass is 10.0. The quantitative estimate of drug-likeness (QED) is 0.572. The highest BCUT2D eigenvalue weighted by molar-refractivity contribution is 5.97. The number of carbonyl (C=O) groups excluding carboxylic acids is 2. The van der Waals surface area contributed by atoms with Crippen molar-refractivity contribution in [3.05, 3.63) is 104 Å². The van der Waals surface area contributed by atoms with E-state index in [1.54, 1.807) is 0 Å². The molecule has 0 aliphatic carbocycles. The van der Waals surface area contributed by atoms with Gasteiger partial charge >= 0.3 is 5.69 Å². The van der Waals surface area contributed by atoms with Crippen molar-refractivity contribution < 1.29 is 14.0 Å². The molecule has 166 valence electrons. The third-order valence-electron chi connectivity index (χ3n) is 5.08. The summed E-state index contributed by atoms with van der Waals surface area (Å²) in [6.45, 7) is -0.0711. The fourth-order valence-corrected chi connectivity index (χ4v) is 3.15. The molecule has 0 saturated heterocycles. The van der Waals surface area contributed by atoms with Gasteiger partial charge in [-0.3, -0.25) is 23.5 Å². The monoisotopic (exact) mass is 438 g/mol. The molecular weight excluding hydrogens is 415 g/mol. The van der Waals surface area contributed by atoms with Crippen LogP contribution >= 0.6 is 0 Å². The van der Waals surface area contributed by atoms with Crippen LogP contribution in [-0.4, -0.2) is 27.0 Å². The highest BCUT2D eigenvalue weighted by atomic mass is 19.1. The molecule has 2 N–H and O–H groups in total. The summed E-state index contributed by atoms with van der Waals surface area (Å²) in [5.74, 6) is -1.49. The molecule has 0 radical (unpaired) electrons. The van der Waals surface area contributed by atoms with Gasteiger partial charge in [-0.25, -0.2) is 9.18 Å². The summed E-state index contributed by atoms with van der Waals surface area (Å²) in [4.78, 5) is 49.5. The lowest BCUT2D eigenvalue weighted by Crippen LogP contribution is -2.48. The third-order valence-corrected chi connectivity index (χ3v) is 5.08. The molecule has 2 aromatic carbocycles. The molecule has 0 fully saturated rings. The predicted molar refractivity (Wildman–Crippen MR) is 117 cm³/mol. The maximum Gasteiger partial charge on any atom is 0.330 e. The number of aromatic nitrogens is 2. The van der Waals surface area contributed by atoms with Gasteiger partial charge in [0, 0.05) is 37.8 Å². The zero-order valence-corrected chi connectivity index (χ0v) is 17.7. The van der Waals surface area contributed by atoms with Gasteiger partial charge in [0.05, 0.1) is 6.54 Å². The first-order chi connectivity index (χ1) is 15.3. The maximum absolute atomic E-state index is 13.2. The van der Waals surface area contributed by atoms with Gasteiger partial charge in [-0.15, -0.1) is 0 Å². The smallest absolute Gasteiger partial charge is 0.330 e. The fourth-order valence-electron chi connectivity index (χ4n) is 3.15. The van der Waals surface area contributed by atoms with Crippen LogP contribution in [0.15, 0.2) is 70.3 Å². The molecule has 0 saturated carbocycles. The lowest BCUT2D eigenvalue weighted by Gasteiger charge is -2.19. The second kappa shape index (κ2) is 9.86. The predicted octanol–water partition coefficient (Wildman–Crippen LogP) is 0.881. The van der Waals surface area contributed by atoms with E-state index >= 15 is 0 Å². The number of hydrogen-bond acceptors (Lipinski definition) is 4. The first-order valence-corrected chi connectivity index (χ1v) is 9.90. The van der Waals surface area contributed by atoms with Gasteiger partial charge in [-0.05, 0) is 29.8 Å². The third kappa shape index (κ3) is 5.37. The second-order valence-corrected chi connectivity index (χ2v) is 7.31. The summed E-state index contributed by atoms with van der Waals surface area (Å²) in [7, 11) is 2.87. The largest absolute Gasteiger partial charge is 0.349 e. The van der Waals surface area contributed by atoms with Crippen molar-refractivity contribution in [3.8, 4) is 0 Å². The van der Waals surface area contributed by atoms with E-state index in [4.69, 9.17) is 0 Å². The standard InChI is InChI=1S/C23H23FN4O4/c1-27-18(13-20(29)28(2)23(27)32)14-25-22(31)19(12-15-6-4-3-5-7-15)26-21(30)16-8-10-17(24)11-9-16/h3-11,13,19H,12,14H2,1-2H3,(H,25,31)(H,26,30)/t19-/m0/s1. The van der Waals surface area contributed by atoms with E-state index < -0.39 is 34.9 Å². The Morgan fingerprint density at radius 1 is 0.969 bits per heavy atom. The molecule has 1 aromatic heterocycles. The van der Waals surface area contributed by atoms with E-state index in [1.807, 2.05) is 30.3 Å². The Morgan fingerprint density at radius 3 is 2.28 bits per heavy atom. The van der Waals surface area contributed by atoms with Crippen molar-refractivity contribution in [1.82, 2.24) is 19.8 Å². The zero-order chi connectivity index (χ0) is 23.3. The Labute approximate surface area is 183 Å². The lowest BCUT2D eigenvalue weighted by molar-refractivity contribution is -0.123. The number of rotatable bonds is 7. The van der Waals surface area contributed by atoms with Crippen molar-refractivity contribution in [2.45, 2.75) is 19.0 Å². The van der Waals surface area contributed by atoms with Crippen molar-refractivity contribution in [1.29, 1.82) is 0 Å². The summed E-state index contributed by atoms with van der Waals surface area (Å²) >= 11 is 0. The van der Waals surface area contributed by atoms with Gasteiger partial charge in [-0.2, -0.15) is 0 Å². The molecule has 32 heavy (non-hydrogen) atoms. The Balaban J connectivity index is 1.78. The van der Waals surface area contributed by atoms with E-state index in [1.165, 1.54) is 36.9 Å². The van der Waals surface area contributed by atoms with E-state index in [-0.39, 0.29) is 18.5 Å². The first kappa shape index (κ1) is 22.7. The van der Waals surface area contributed by atoms with E-state index in [0.717, 1.165) is 22.3 Å². The molecule has 0 spiro atoms. The van der Waals surface area contributed by atoms with Crippen LogP contribution in [0.2, 0.25) is 0 Å². The van der Waals surface area contributed by atoms with Crippen LogP contribution in [0.1, 0.15) is 21.6 Å². The molecule has 1 heterocycles. The average molecular weight is 438 g/mol. The van der Waals surface area contributed by atoms with Gasteiger partial charge < -0.3 is 10.6 Å². The summed E-state index contributed by atoms with van der Waals surface area (Å²) in [6.07, 6.45) is 0.217. The van der Waals surface area contributed by atoms with Crippen LogP contribution in [0.4, 0.5) is 4.39 Å². The highest BCUT2D eigenvalue weighted by Crippen LogP contribution is 2.07. The van der Waals surface area contributed by atoms with Gasteiger partial charge in [0.15, 0.2) is 0 Å². The van der Waals surface area contributed by atoms with Crippen molar-refractivity contribution in [3.63, 3.8) is 0 Å². The highest BCUT2D eigenvalue weighted by Gasteiger charge is 2.22. The number of nitrogens with zero attached hydrogens (tertiary/aromatic N) is 2. The Bertz CT molecular complexity index is 1230. The summed E-state index contributed by atoms with van der Waals surface area (Å²) in [5.41, 5.74) is 0.379. The fraction of sp³-hybridized carbons (Fsp3) is 0.217. The van der Waals surface area contributed by atoms with Crippen LogP contribution in [0.5, 0.6) is 0 Å². The molecule has 9 heteroatoms. The number of halogens is 1. The van der Waals surface area contributed by atoms with Gasteiger partial charge in [0.2, 0.25) is 5.91 Å². The van der Waals surface area contributed by atoms with Crippen LogP contribution in [0, 0.1) is 5.82 Å². The molecule has 0 aliphatic rings. The van der Waals surface area contributed by atoms with Crippen molar-refractivity contribution in [2.24, 2.45) is 14.1 Å². The zero-order valence-electron chi connectivity index (χ0n) is 17.7. The topological polar surface area (TPSA) is 102 Å². The second-order valence-electron chi connectivity index (χ2n) is 7.31. The minimum Gasteiger partial charge on any atom is -0.349 e. The molecule has 3 rings (SSSR count). The molecule has 1 atom stereocenters. The number of benzene rings is 2. The van der Waals surface area contributed by atoms with Crippen LogP contribution < -0.4 is 21.9 Å². The molecule has 0 unspecified atom stereocenters. The molecule has 2 amide bonds. The number of nitrogens with one attached hydrogen (secondary N) is 2. The first-order valence-electron chi connectivity index (χ1n) is 9.90. The Morgan fingerprint density at radius 2 is 1.62 bits per heavy atom. The number of hydrogen-bond donors (Lipinski definition) is 2. The van der Waals surface area contributed by atoms with Crippen molar-refractivity contribution in [2.75, 3.05) is 0 Å². The Kier molecular flexibility index (Phi) is 6.99. The molecule has 0 bridgehead atoms. The molecule has 0 aliphatic heterocycles. The minimum atomic E-state index is -0.932. The van der Waals surface area contributed by atoms with E-state index in [2.05, 4.69) is 10.6 Å².